The standard InChI is InChI=1S/C17H27N3O/c1-4-5-9-19(3)13-17-18-15-12-14(2)7-8-16(15)20(17)10-6-11-21/h7-8,12,21H,4-6,9-11,13H2,1-3H3. The van der Waals surface area contributed by atoms with E-state index in [1.807, 2.05) is 0 Å². The molecule has 2 aromatic rings. The molecule has 0 radical (unpaired) electrons. The van der Waals surface area contributed by atoms with E-state index in [1.54, 1.807) is 0 Å². The number of aliphatic hydroxyl groups is 1. The lowest BCUT2D eigenvalue weighted by molar-refractivity contribution is 0.275. The first kappa shape index (κ1) is 16.0. The van der Waals surface area contributed by atoms with Gasteiger partial charge < -0.3 is 9.67 Å². The van der Waals surface area contributed by atoms with E-state index in [-0.39, 0.29) is 6.61 Å². The van der Waals surface area contributed by atoms with Gasteiger partial charge in [-0.2, -0.15) is 0 Å². The largest absolute Gasteiger partial charge is 0.396 e. The Bertz CT molecular complexity index is 577. The Kier molecular flexibility index (Phi) is 5.76. The van der Waals surface area contributed by atoms with Crippen LogP contribution < -0.4 is 0 Å². The summed E-state index contributed by atoms with van der Waals surface area (Å²) in [7, 11) is 2.15. The van der Waals surface area contributed by atoms with Crippen molar-refractivity contribution in [3.8, 4) is 0 Å². The Hall–Kier alpha value is -1.39. The van der Waals surface area contributed by atoms with Gasteiger partial charge in [-0.3, -0.25) is 4.90 Å². The summed E-state index contributed by atoms with van der Waals surface area (Å²) < 4.78 is 2.26. The van der Waals surface area contributed by atoms with E-state index >= 15 is 0 Å². The molecule has 4 heteroatoms. The molecule has 0 saturated carbocycles. The fourth-order valence-electron chi connectivity index (χ4n) is 2.64. The molecule has 0 unspecified atom stereocenters. The molecule has 0 aliphatic carbocycles. The fourth-order valence-corrected chi connectivity index (χ4v) is 2.64. The SMILES string of the molecule is CCCCN(C)Cc1nc2cc(C)ccc2n1CCCO. The minimum atomic E-state index is 0.219. The Balaban J connectivity index is 2.27. The Morgan fingerprint density at radius 3 is 2.81 bits per heavy atom. The lowest BCUT2D eigenvalue weighted by Crippen LogP contribution is -2.21. The second-order valence-electron chi connectivity index (χ2n) is 5.84. The van der Waals surface area contributed by atoms with Crippen molar-refractivity contribution in [3.05, 3.63) is 29.6 Å². The molecule has 116 valence electrons. The number of aromatic nitrogens is 2. The van der Waals surface area contributed by atoms with E-state index in [2.05, 4.69) is 48.6 Å². The van der Waals surface area contributed by atoms with Crippen LogP contribution >= 0.6 is 0 Å². The highest BCUT2D eigenvalue weighted by Crippen LogP contribution is 2.19. The monoisotopic (exact) mass is 289 g/mol. The van der Waals surface area contributed by atoms with Gasteiger partial charge in [0, 0.05) is 13.2 Å². The Morgan fingerprint density at radius 1 is 1.29 bits per heavy atom. The van der Waals surface area contributed by atoms with Gasteiger partial charge in [0.05, 0.1) is 17.6 Å². The Morgan fingerprint density at radius 2 is 2.10 bits per heavy atom. The van der Waals surface area contributed by atoms with Crippen LogP contribution in [0.3, 0.4) is 0 Å². The molecule has 2 rings (SSSR count). The first-order valence-electron chi connectivity index (χ1n) is 7.91. The van der Waals surface area contributed by atoms with Crippen LogP contribution in [-0.4, -0.2) is 39.8 Å². The number of fused-ring (bicyclic) bond motifs is 1. The molecule has 1 heterocycles. The van der Waals surface area contributed by atoms with Crippen LogP contribution in [0.15, 0.2) is 18.2 Å². The third-order valence-corrected chi connectivity index (χ3v) is 3.83. The van der Waals surface area contributed by atoms with E-state index in [0.717, 1.165) is 37.4 Å². The van der Waals surface area contributed by atoms with Crippen molar-refractivity contribution >= 4 is 11.0 Å². The van der Waals surface area contributed by atoms with Gasteiger partial charge in [0.1, 0.15) is 5.82 Å². The number of unbranched alkanes of at least 4 members (excludes halogenated alkanes) is 1. The first-order chi connectivity index (χ1) is 10.2. The second kappa shape index (κ2) is 7.57. The number of imidazole rings is 1. The van der Waals surface area contributed by atoms with Crippen molar-refractivity contribution in [2.75, 3.05) is 20.2 Å². The lowest BCUT2D eigenvalue weighted by atomic mass is 10.2. The molecule has 0 atom stereocenters. The van der Waals surface area contributed by atoms with Crippen molar-refractivity contribution in [2.24, 2.45) is 0 Å². The zero-order valence-corrected chi connectivity index (χ0v) is 13.5. The Labute approximate surface area is 127 Å². The van der Waals surface area contributed by atoms with Crippen molar-refractivity contribution in [1.29, 1.82) is 0 Å². The predicted octanol–water partition coefficient (Wildman–Crippen LogP) is 2.96. The maximum atomic E-state index is 9.13. The molecule has 4 nitrogen and oxygen atoms in total. The highest BCUT2D eigenvalue weighted by molar-refractivity contribution is 5.76. The summed E-state index contributed by atoms with van der Waals surface area (Å²) in [5.41, 5.74) is 3.47. The minimum Gasteiger partial charge on any atom is -0.396 e. The third kappa shape index (κ3) is 4.05. The van der Waals surface area contributed by atoms with Gasteiger partial charge in [-0.15, -0.1) is 0 Å². The van der Waals surface area contributed by atoms with Gasteiger partial charge in [0.15, 0.2) is 0 Å². The average molecular weight is 289 g/mol. The maximum Gasteiger partial charge on any atom is 0.124 e. The van der Waals surface area contributed by atoms with Crippen LogP contribution in [0.1, 0.15) is 37.6 Å². The lowest BCUT2D eigenvalue weighted by Gasteiger charge is -2.17. The van der Waals surface area contributed by atoms with Gasteiger partial charge in [0.2, 0.25) is 0 Å². The summed E-state index contributed by atoms with van der Waals surface area (Å²) in [6.07, 6.45) is 3.20. The molecule has 1 aromatic carbocycles. The van der Waals surface area contributed by atoms with Crippen molar-refractivity contribution in [1.82, 2.24) is 14.5 Å². The van der Waals surface area contributed by atoms with E-state index in [9.17, 15) is 0 Å². The number of benzene rings is 1. The molecule has 21 heavy (non-hydrogen) atoms. The smallest absolute Gasteiger partial charge is 0.124 e. The molecule has 1 N–H and O–H groups in total. The number of aryl methyl sites for hydroxylation is 2. The first-order valence-corrected chi connectivity index (χ1v) is 7.91. The highest BCUT2D eigenvalue weighted by Gasteiger charge is 2.12. The summed E-state index contributed by atoms with van der Waals surface area (Å²) in [5.74, 6) is 1.10. The summed E-state index contributed by atoms with van der Waals surface area (Å²) in [5, 5.41) is 9.13. The van der Waals surface area contributed by atoms with Crippen molar-refractivity contribution < 1.29 is 5.11 Å². The third-order valence-electron chi connectivity index (χ3n) is 3.83. The normalized spacial score (nSPS) is 11.7. The molecule has 0 fully saturated rings. The van der Waals surface area contributed by atoms with E-state index in [4.69, 9.17) is 10.1 Å². The van der Waals surface area contributed by atoms with Crippen LogP contribution in [0, 0.1) is 6.92 Å². The summed E-state index contributed by atoms with van der Waals surface area (Å²) in [6, 6.07) is 6.41. The molecule has 0 aliphatic heterocycles. The zero-order valence-electron chi connectivity index (χ0n) is 13.5. The summed E-state index contributed by atoms with van der Waals surface area (Å²) in [6.45, 7) is 7.31. The average Bonchev–Trinajstić information content (AvgIpc) is 2.79. The number of hydrogen-bond acceptors (Lipinski definition) is 3. The van der Waals surface area contributed by atoms with Crippen LogP contribution in [-0.2, 0) is 13.1 Å². The molecular weight excluding hydrogens is 262 g/mol. The number of hydrogen-bond donors (Lipinski definition) is 1. The van der Waals surface area contributed by atoms with Crippen LogP contribution in [0.25, 0.3) is 11.0 Å². The van der Waals surface area contributed by atoms with Crippen molar-refractivity contribution in [3.63, 3.8) is 0 Å². The van der Waals surface area contributed by atoms with Gasteiger partial charge in [-0.25, -0.2) is 4.98 Å². The van der Waals surface area contributed by atoms with Crippen LogP contribution in [0.5, 0.6) is 0 Å². The van der Waals surface area contributed by atoms with Crippen LogP contribution in [0.4, 0.5) is 0 Å². The zero-order chi connectivity index (χ0) is 15.2. The van der Waals surface area contributed by atoms with E-state index in [0.29, 0.717) is 0 Å². The van der Waals surface area contributed by atoms with Gasteiger partial charge in [0.25, 0.3) is 0 Å². The molecule has 0 bridgehead atoms. The van der Waals surface area contributed by atoms with Crippen molar-refractivity contribution in [2.45, 2.75) is 46.2 Å². The molecular formula is C17H27N3O. The summed E-state index contributed by atoms with van der Waals surface area (Å²) >= 11 is 0. The highest BCUT2D eigenvalue weighted by atomic mass is 16.3. The molecule has 0 saturated heterocycles. The number of aliphatic hydroxyl groups excluding tert-OH is 1. The number of rotatable bonds is 8. The molecule has 0 amide bonds. The predicted molar refractivity (Wildman–Crippen MR) is 87.4 cm³/mol. The fraction of sp³-hybridized carbons (Fsp3) is 0.588. The minimum absolute atomic E-state index is 0.219. The molecule has 0 spiro atoms. The number of nitrogens with zero attached hydrogens (tertiary/aromatic N) is 3. The van der Waals surface area contributed by atoms with Gasteiger partial charge in [-0.05, 0) is 51.1 Å². The molecule has 0 aliphatic rings. The second-order valence-corrected chi connectivity index (χ2v) is 5.84. The topological polar surface area (TPSA) is 41.3 Å². The molecule has 1 aromatic heterocycles. The quantitative estimate of drug-likeness (QED) is 0.812. The van der Waals surface area contributed by atoms with Gasteiger partial charge in [-0.1, -0.05) is 19.4 Å². The summed E-state index contributed by atoms with van der Waals surface area (Å²) in [4.78, 5) is 7.14. The maximum absolute atomic E-state index is 9.13. The van der Waals surface area contributed by atoms with Crippen LogP contribution in [0.2, 0.25) is 0 Å². The van der Waals surface area contributed by atoms with E-state index < -0.39 is 0 Å². The van der Waals surface area contributed by atoms with E-state index in [1.165, 1.54) is 23.9 Å². The van der Waals surface area contributed by atoms with Gasteiger partial charge >= 0.3 is 0 Å².